The summed E-state index contributed by atoms with van der Waals surface area (Å²) in [7, 11) is 1.16. The van der Waals surface area contributed by atoms with Crippen molar-refractivity contribution < 1.29 is 19.2 Å². The van der Waals surface area contributed by atoms with Gasteiger partial charge in [-0.25, -0.2) is 0 Å². The third-order valence-corrected chi connectivity index (χ3v) is 2.26. The smallest absolute Gasteiger partial charge is 0.325 e. The van der Waals surface area contributed by atoms with Crippen LogP contribution in [0.1, 0.15) is 10.4 Å². The Morgan fingerprint density at radius 1 is 1.50 bits per heavy atom. The number of rotatable bonds is 4. The summed E-state index contributed by atoms with van der Waals surface area (Å²) in [5, 5.41) is 13.1. The highest BCUT2D eigenvalue weighted by Crippen LogP contribution is 2.22. The summed E-state index contributed by atoms with van der Waals surface area (Å²) in [6, 6.07) is 3.58. The third kappa shape index (κ3) is 3.42. The first-order valence-electron chi connectivity index (χ1n) is 4.74. The topological polar surface area (TPSA) is 98.5 Å². The average molecular weight is 273 g/mol. The first kappa shape index (κ1) is 13.9. The minimum Gasteiger partial charge on any atom is -0.468 e. The summed E-state index contributed by atoms with van der Waals surface area (Å²) >= 11 is 5.66. The van der Waals surface area contributed by atoms with Crippen LogP contribution in [0, 0.1) is 10.1 Å². The Bertz CT molecular complexity index is 503. The van der Waals surface area contributed by atoms with Crippen LogP contribution >= 0.6 is 11.6 Å². The molecule has 8 heteroatoms. The van der Waals surface area contributed by atoms with Crippen LogP contribution in [0.15, 0.2) is 18.2 Å². The molecular weight excluding hydrogens is 264 g/mol. The number of amides is 1. The average Bonchev–Trinajstić information content (AvgIpc) is 2.34. The number of carbonyl (C=O) groups is 2. The number of carbonyl (C=O) groups excluding carboxylic acids is 2. The lowest BCUT2D eigenvalue weighted by Gasteiger charge is -2.05. The Balaban J connectivity index is 2.93. The fraction of sp³-hybridized carbons (Fsp3) is 0.200. The van der Waals surface area contributed by atoms with Crippen molar-refractivity contribution in [2.24, 2.45) is 0 Å². The number of nitro groups is 1. The molecule has 1 N–H and O–H groups in total. The number of esters is 1. The van der Waals surface area contributed by atoms with Crippen LogP contribution in [-0.4, -0.2) is 30.5 Å². The molecule has 1 rings (SSSR count). The van der Waals surface area contributed by atoms with E-state index in [0.717, 1.165) is 19.2 Å². The van der Waals surface area contributed by atoms with Gasteiger partial charge in [0.1, 0.15) is 12.1 Å². The molecule has 0 saturated carbocycles. The molecule has 0 aliphatic heterocycles. The second-order valence-corrected chi connectivity index (χ2v) is 3.61. The number of benzene rings is 1. The standard InChI is InChI=1S/C10H9ClN2O5/c1-18-9(14)5-12-10(15)7-4-6(11)2-3-8(7)13(16)17/h2-4H,5H2,1H3,(H,12,15). The molecule has 1 aromatic carbocycles. The first-order chi connectivity index (χ1) is 8.45. The summed E-state index contributed by atoms with van der Waals surface area (Å²) in [6.07, 6.45) is 0. The highest BCUT2D eigenvalue weighted by Gasteiger charge is 2.20. The number of nitrogens with one attached hydrogen (secondary N) is 1. The fourth-order valence-electron chi connectivity index (χ4n) is 1.17. The van der Waals surface area contributed by atoms with Crippen LogP contribution in [0.25, 0.3) is 0 Å². The predicted octanol–water partition coefficient (Wildman–Crippen LogP) is 1.15. The quantitative estimate of drug-likeness (QED) is 0.503. The highest BCUT2D eigenvalue weighted by molar-refractivity contribution is 6.31. The van der Waals surface area contributed by atoms with Crippen molar-refractivity contribution in [3.8, 4) is 0 Å². The van der Waals surface area contributed by atoms with Crippen LogP contribution in [0.2, 0.25) is 5.02 Å². The van der Waals surface area contributed by atoms with Gasteiger partial charge in [0.05, 0.1) is 12.0 Å². The molecule has 0 atom stereocenters. The van der Waals surface area contributed by atoms with E-state index in [0.29, 0.717) is 0 Å². The number of nitrogens with zero attached hydrogens (tertiary/aromatic N) is 1. The number of hydrogen-bond acceptors (Lipinski definition) is 5. The lowest BCUT2D eigenvalue weighted by atomic mass is 10.1. The molecule has 1 aromatic rings. The van der Waals surface area contributed by atoms with Crippen molar-refractivity contribution in [2.45, 2.75) is 0 Å². The van der Waals surface area contributed by atoms with Gasteiger partial charge in [0.2, 0.25) is 0 Å². The van der Waals surface area contributed by atoms with Crippen molar-refractivity contribution >= 4 is 29.2 Å². The summed E-state index contributed by atoms with van der Waals surface area (Å²) in [5.74, 6) is -1.43. The molecule has 7 nitrogen and oxygen atoms in total. The Morgan fingerprint density at radius 2 is 2.17 bits per heavy atom. The van der Waals surface area contributed by atoms with E-state index >= 15 is 0 Å². The largest absolute Gasteiger partial charge is 0.468 e. The van der Waals surface area contributed by atoms with Gasteiger partial charge in [-0.05, 0) is 12.1 Å². The zero-order valence-corrected chi connectivity index (χ0v) is 10.1. The van der Waals surface area contributed by atoms with Crippen molar-refractivity contribution in [3.05, 3.63) is 38.9 Å². The monoisotopic (exact) mass is 272 g/mol. The van der Waals surface area contributed by atoms with Gasteiger partial charge in [0.25, 0.3) is 11.6 Å². The van der Waals surface area contributed by atoms with Gasteiger partial charge in [-0.2, -0.15) is 0 Å². The molecule has 0 aliphatic rings. The van der Waals surface area contributed by atoms with Crippen LogP contribution in [0.5, 0.6) is 0 Å². The van der Waals surface area contributed by atoms with Gasteiger partial charge in [-0.15, -0.1) is 0 Å². The number of methoxy groups -OCH3 is 1. The van der Waals surface area contributed by atoms with Gasteiger partial charge in [0.15, 0.2) is 0 Å². The van der Waals surface area contributed by atoms with Gasteiger partial charge < -0.3 is 10.1 Å². The van der Waals surface area contributed by atoms with Crippen LogP contribution in [0.3, 0.4) is 0 Å². The maximum absolute atomic E-state index is 11.7. The summed E-state index contributed by atoms with van der Waals surface area (Å²) in [4.78, 5) is 32.5. The number of nitro benzene ring substituents is 1. The molecule has 0 saturated heterocycles. The molecule has 1 amide bonds. The van der Waals surface area contributed by atoms with Crippen molar-refractivity contribution in [1.82, 2.24) is 5.32 Å². The Labute approximate surface area is 107 Å². The maximum Gasteiger partial charge on any atom is 0.325 e. The SMILES string of the molecule is COC(=O)CNC(=O)c1cc(Cl)ccc1[N+](=O)[O-]. The fourth-order valence-corrected chi connectivity index (χ4v) is 1.34. The predicted molar refractivity (Wildman–Crippen MR) is 62.5 cm³/mol. The van der Waals surface area contributed by atoms with Crippen molar-refractivity contribution in [2.75, 3.05) is 13.7 Å². The van der Waals surface area contributed by atoms with Crippen molar-refractivity contribution in [3.63, 3.8) is 0 Å². The molecule has 96 valence electrons. The van der Waals surface area contributed by atoms with E-state index in [1.54, 1.807) is 0 Å². The van der Waals surface area contributed by atoms with Crippen molar-refractivity contribution in [1.29, 1.82) is 0 Å². The van der Waals surface area contributed by atoms with E-state index < -0.39 is 16.8 Å². The van der Waals surface area contributed by atoms with E-state index in [1.165, 1.54) is 6.07 Å². The molecule has 0 aliphatic carbocycles. The van der Waals surface area contributed by atoms with Gasteiger partial charge >= 0.3 is 5.97 Å². The second-order valence-electron chi connectivity index (χ2n) is 3.18. The van der Waals surface area contributed by atoms with E-state index in [-0.39, 0.29) is 22.8 Å². The molecule has 0 fully saturated rings. The Morgan fingerprint density at radius 3 is 2.72 bits per heavy atom. The van der Waals surface area contributed by atoms with E-state index in [1.807, 2.05) is 0 Å². The normalized spacial score (nSPS) is 9.67. The van der Waals surface area contributed by atoms with Gasteiger partial charge in [-0.3, -0.25) is 19.7 Å². The number of ether oxygens (including phenoxy) is 1. The summed E-state index contributed by atoms with van der Waals surface area (Å²) < 4.78 is 4.32. The zero-order chi connectivity index (χ0) is 13.7. The first-order valence-corrected chi connectivity index (χ1v) is 5.12. The molecule has 0 bridgehead atoms. The molecule has 0 radical (unpaired) electrons. The van der Waals surface area contributed by atoms with Crippen LogP contribution in [-0.2, 0) is 9.53 Å². The van der Waals surface area contributed by atoms with Gasteiger partial charge in [-0.1, -0.05) is 11.6 Å². The molecule has 0 spiro atoms. The minimum absolute atomic E-state index is 0.184. The highest BCUT2D eigenvalue weighted by atomic mass is 35.5. The maximum atomic E-state index is 11.7. The molecule has 0 aromatic heterocycles. The third-order valence-electron chi connectivity index (χ3n) is 2.02. The van der Waals surface area contributed by atoms with E-state index in [2.05, 4.69) is 10.1 Å². The molecular formula is C10H9ClN2O5. The Hall–Kier alpha value is -2.15. The van der Waals surface area contributed by atoms with Crippen LogP contribution < -0.4 is 5.32 Å². The molecule has 18 heavy (non-hydrogen) atoms. The lowest BCUT2D eigenvalue weighted by molar-refractivity contribution is -0.385. The minimum atomic E-state index is -0.769. The van der Waals surface area contributed by atoms with E-state index in [4.69, 9.17) is 11.6 Å². The number of hydrogen-bond donors (Lipinski definition) is 1. The lowest BCUT2D eigenvalue weighted by Crippen LogP contribution is -2.30. The van der Waals surface area contributed by atoms with Crippen LogP contribution in [0.4, 0.5) is 5.69 Å². The summed E-state index contributed by atoms with van der Waals surface area (Å²) in [6.45, 7) is -0.376. The zero-order valence-electron chi connectivity index (χ0n) is 9.31. The molecule has 0 unspecified atom stereocenters. The second kappa shape index (κ2) is 5.97. The Kier molecular flexibility index (Phi) is 4.61. The number of halogens is 1. The van der Waals surface area contributed by atoms with E-state index in [9.17, 15) is 19.7 Å². The molecule has 0 heterocycles. The van der Waals surface area contributed by atoms with Gasteiger partial charge in [0, 0.05) is 11.1 Å². The summed E-state index contributed by atoms with van der Waals surface area (Å²) in [5.41, 5.74) is -0.599.